The van der Waals surface area contributed by atoms with Crippen LogP contribution in [-0.2, 0) is 4.79 Å². The Kier molecular flexibility index (Phi) is 3.54. The lowest BCUT2D eigenvalue weighted by Crippen LogP contribution is -2.42. The van der Waals surface area contributed by atoms with Gasteiger partial charge in [0.25, 0.3) is 0 Å². The molecule has 3 N–H and O–H groups in total. The van der Waals surface area contributed by atoms with Crippen molar-refractivity contribution in [3.63, 3.8) is 0 Å². The lowest BCUT2D eigenvalue weighted by atomic mass is 9.85. The van der Waals surface area contributed by atoms with Gasteiger partial charge in [0.2, 0.25) is 0 Å². The molecule has 0 amide bonds. The van der Waals surface area contributed by atoms with E-state index in [1.54, 1.807) is 0 Å². The predicted molar refractivity (Wildman–Crippen MR) is 49.4 cm³/mol. The van der Waals surface area contributed by atoms with Crippen molar-refractivity contribution in [2.75, 3.05) is 0 Å². The molecule has 1 fully saturated rings. The van der Waals surface area contributed by atoms with E-state index >= 15 is 0 Å². The maximum Gasteiger partial charge on any atom is 0.321 e. The average Bonchev–Trinajstić information content (AvgIpc) is 2.65. The Morgan fingerprint density at radius 1 is 1.50 bits per heavy atom. The molecule has 1 aliphatic rings. The molecule has 0 bridgehead atoms. The summed E-state index contributed by atoms with van der Waals surface area (Å²) < 4.78 is 0. The van der Waals surface area contributed by atoms with Crippen LogP contribution < -0.4 is 5.73 Å². The summed E-state index contributed by atoms with van der Waals surface area (Å²) >= 11 is 0. The molecule has 0 saturated heterocycles. The summed E-state index contributed by atoms with van der Waals surface area (Å²) in [4.78, 5) is 10.6. The Morgan fingerprint density at radius 2 is 1.92 bits per heavy atom. The topological polar surface area (TPSA) is 63.3 Å². The molecule has 0 heterocycles. The molecular formula is C8H16ClNO2. The van der Waals surface area contributed by atoms with Crippen LogP contribution in [0.1, 0.15) is 26.7 Å². The van der Waals surface area contributed by atoms with Crippen LogP contribution in [0.5, 0.6) is 0 Å². The van der Waals surface area contributed by atoms with Gasteiger partial charge in [-0.2, -0.15) is 0 Å². The average molecular weight is 194 g/mol. The van der Waals surface area contributed by atoms with Crippen LogP contribution in [0.25, 0.3) is 0 Å². The Bertz CT molecular complexity index is 178. The van der Waals surface area contributed by atoms with Gasteiger partial charge in [-0.3, -0.25) is 4.79 Å². The maximum atomic E-state index is 10.6. The minimum Gasteiger partial charge on any atom is -0.480 e. The van der Waals surface area contributed by atoms with Gasteiger partial charge in [-0.15, -0.1) is 12.4 Å². The van der Waals surface area contributed by atoms with Crippen LogP contribution in [0.15, 0.2) is 0 Å². The second kappa shape index (κ2) is 3.62. The fourth-order valence-corrected chi connectivity index (χ4v) is 1.64. The van der Waals surface area contributed by atoms with E-state index in [4.69, 9.17) is 10.8 Å². The van der Waals surface area contributed by atoms with Crippen molar-refractivity contribution in [3.8, 4) is 0 Å². The third-order valence-electron chi connectivity index (χ3n) is 2.86. The van der Waals surface area contributed by atoms with Crippen molar-refractivity contribution in [3.05, 3.63) is 0 Å². The van der Waals surface area contributed by atoms with Crippen LogP contribution in [0.2, 0.25) is 0 Å². The summed E-state index contributed by atoms with van der Waals surface area (Å²) in [7, 11) is 0. The van der Waals surface area contributed by atoms with Gasteiger partial charge >= 0.3 is 5.97 Å². The van der Waals surface area contributed by atoms with Gasteiger partial charge in [0.1, 0.15) is 6.04 Å². The monoisotopic (exact) mass is 193 g/mol. The number of hydrogen-bond donors (Lipinski definition) is 2. The highest BCUT2D eigenvalue weighted by Crippen LogP contribution is 2.53. The lowest BCUT2D eigenvalue weighted by Gasteiger charge is -2.23. The quantitative estimate of drug-likeness (QED) is 0.710. The summed E-state index contributed by atoms with van der Waals surface area (Å²) in [5, 5.41) is 8.68. The molecule has 0 spiro atoms. The SMILES string of the molecule is CC(C)C1(C(N)C(=O)O)CC1.Cl. The predicted octanol–water partition coefficient (Wildman–Crippen LogP) is 1.26. The smallest absolute Gasteiger partial charge is 0.321 e. The first-order valence-corrected chi connectivity index (χ1v) is 3.99. The molecule has 0 aromatic carbocycles. The summed E-state index contributed by atoms with van der Waals surface area (Å²) in [6, 6.07) is -0.664. The second-order valence-corrected chi connectivity index (χ2v) is 3.70. The lowest BCUT2D eigenvalue weighted by molar-refractivity contribution is -0.140. The highest BCUT2D eigenvalue weighted by molar-refractivity contribution is 5.85. The van der Waals surface area contributed by atoms with Crippen LogP contribution in [-0.4, -0.2) is 17.1 Å². The minimum absolute atomic E-state index is 0. The summed E-state index contributed by atoms with van der Waals surface area (Å²) in [6.45, 7) is 4.08. The van der Waals surface area contributed by atoms with Crippen molar-refractivity contribution in [2.24, 2.45) is 17.1 Å². The van der Waals surface area contributed by atoms with Gasteiger partial charge in [-0.05, 0) is 24.2 Å². The fourth-order valence-electron chi connectivity index (χ4n) is 1.64. The zero-order chi connectivity index (χ0) is 8.65. The van der Waals surface area contributed by atoms with E-state index in [1.165, 1.54) is 0 Å². The maximum absolute atomic E-state index is 10.6. The third-order valence-corrected chi connectivity index (χ3v) is 2.86. The van der Waals surface area contributed by atoms with Crippen molar-refractivity contribution < 1.29 is 9.90 Å². The van der Waals surface area contributed by atoms with Crippen molar-refractivity contribution in [2.45, 2.75) is 32.7 Å². The first-order valence-electron chi connectivity index (χ1n) is 3.99. The normalized spacial score (nSPS) is 21.3. The molecule has 4 heteroatoms. The number of carbonyl (C=O) groups is 1. The minimum atomic E-state index is -0.865. The molecule has 72 valence electrons. The molecule has 1 rings (SSSR count). The number of carboxylic acid groups (broad SMARTS) is 1. The summed E-state index contributed by atoms with van der Waals surface area (Å²) in [5.41, 5.74) is 5.47. The van der Waals surface area contributed by atoms with E-state index in [0.717, 1.165) is 12.8 Å². The van der Waals surface area contributed by atoms with Crippen LogP contribution in [0, 0.1) is 11.3 Å². The molecule has 0 aromatic heterocycles. The van der Waals surface area contributed by atoms with Gasteiger partial charge in [0, 0.05) is 0 Å². The van der Waals surface area contributed by atoms with Crippen LogP contribution in [0.3, 0.4) is 0 Å². The van der Waals surface area contributed by atoms with Crippen LogP contribution in [0.4, 0.5) is 0 Å². The van der Waals surface area contributed by atoms with E-state index < -0.39 is 12.0 Å². The molecule has 3 nitrogen and oxygen atoms in total. The Labute approximate surface area is 78.7 Å². The molecule has 0 aliphatic heterocycles. The van der Waals surface area contributed by atoms with E-state index in [9.17, 15) is 4.79 Å². The zero-order valence-corrected chi connectivity index (χ0v) is 8.23. The molecule has 0 aromatic rings. The Balaban J connectivity index is 0.00000121. The first-order chi connectivity index (χ1) is 5.00. The van der Waals surface area contributed by atoms with Crippen molar-refractivity contribution >= 4 is 18.4 Å². The summed E-state index contributed by atoms with van der Waals surface area (Å²) in [6.07, 6.45) is 1.94. The van der Waals surface area contributed by atoms with E-state index in [1.807, 2.05) is 13.8 Å². The number of rotatable bonds is 3. The van der Waals surface area contributed by atoms with Gasteiger partial charge in [-0.25, -0.2) is 0 Å². The molecule has 1 aliphatic carbocycles. The Hall–Kier alpha value is -0.280. The number of aliphatic carboxylic acids is 1. The number of carboxylic acids is 1. The van der Waals surface area contributed by atoms with E-state index in [-0.39, 0.29) is 17.8 Å². The zero-order valence-electron chi connectivity index (χ0n) is 7.41. The fraction of sp³-hybridized carbons (Fsp3) is 0.875. The van der Waals surface area contributed by atoms with E-state index in [2.05, 4.69) is 0 Å². The first kappa shape index (κ1) is 11.7. The van der Waals surface area contributed by atoms with Crippen molar-refractivity contribution in [1.82, 2.24) is 0 Å². The molecular weight excluding hydrogens is 178 g/mol. The van der Waals surface area contributed by atoms with Crippen molar-refractivity contribution in [1.29, 1.82) is 0 Å². The largest absolute Gasteiger partial charge is 0.480 e. The molecule has 1 unspecified atom stereocenters. The second-order valence-electron chi connectivity index (χ2n) is 3.70. The Morgan fingerprint density at radius 3 is 2.00 bits per heavy atom. The standard InChI is InChI=1S/C8H15NO2.ClH/c1-5(2)8(3-4-8)6(9)7(10)11;/h5-6H,3-4,9H2,1-2H3,(H,10,11);1H. The molecule has 12 heavy (non-hydrogen) atoms. The highest BCUT2D eigenvalue weighted by atomic mass is 35.5. The summed E-state index contributed by atoms with van der Waals surface area (Å²) in [5.74, 6) is -0.482. The van der Waals surface area contributed by atoms with Gasteiger partial charge < -0.3 is 10.8 Å². The highest BCUT2D eigenvalue weighted by Gasteiger charge is 2.52. The molecule has 0 radical (unpaired) electrons. The number of halogens is 1. The third kappa shape index (κ3) is 1.72. The van der Waals surface area contributed by atoms with E-state index in [0.29, 0.717) is 5.92 Å². The number of hydrogen-bond acceptors (Lipinski definition) is 2. The van der Waals surface area contributed by atoms with Gasteiger partial charge in [0.15, 0.2) is 0 Å². The molecule has 1 atom stereocenters. The number of nitrogens with two attached hydrogens (primary N) is 1. The van der Waals surface area contributed by atoms with Gasteiger partial charge in [0.05, 0.1) is 0 Å². The van der Waals surface area contributed by atoms with Crippen LogP contribution >= 0.6 is 12.4 Å². The van der Waals surface area contributed by atoms with Gasteiger partial charge in [-0.1, -0.05) is 13.8 Å². The molecule has 1 saturated carbocycles.